The quantitative estimate of drug-likeness (QED) is 0.486. The topological polar surface area (TPSA) is 58.9 Å². The van der Waals surface area contributed by atoms with Crippen LogP contribution in [0, 0.1) is 0 Å². The Kier molecular flexibility index (Phi) is 5.40. The van der Waals surface area contributed by atoms with Gasteiger partial charge in [0, 0.05) is 6.21 Å². The molecule has 0 aliphatic heterocycles. The molecular formula is C16H12F3NO3S. The molecular weight excluding hydrogens is 343 g/mol. The lowest BCUT2D eigenvalue weighted by atomic mass is 10.1. The molecule has 0 aliphatic rings. The predicted molar refractivity (Wildman–Crippen MR) is 86.1 cm³/mol. The Balaban J connectivity index is 2.50. The molecule has 0 radical (unpaired) electrons. The summed E-state index contributed by atoms with van der Waals surface area (Å²) in [6, 6.07) is 9.31. The highest BCUT2D eigenvalue weighted by Crippen LogP contribution is 2.29. The number of hydrogen-bond acceptors (Lipinski definition) is 5. The van der Waals surface area contributed by atoms with Crippen LogP contribution in [0.3, 0.4) is 0 Å². The fraction of sp³-hybridized carbons (Fsp3) is 0.125. The zero-order chi connectivity index (χ0) is 17.7. The average molecular weight is 355 g/mol. The molecule has 0 unspecified atom stereocenters. The molecule has 0 amide bonds. The van der Waals surface area contributed by atoms with Crippen LogP contribution >= 0.6 is 11.3 Å². The number of aliphatic hydroxyl groups is 1. The number of ether oxygens (including phenoxy) is 1. The molecule has 8 heteroatoms. The van der Waals surface area contributed by atoms with Gasteiger partial charge in [-0.1, -0.05) is 18.2 Å². The zero-order valence-corrected chi connectivity index (χ0v) is 13.2. The zero-order valence-electron chi connectivity index (χ0n) is 12.4. The molecule has 0 saturated carbocycles. The number of allylic oxidation sites excluding steroid dienone is 1. The number of thiophene rings is 1. The number of carbonyl (C=O) groups is 1. The summed E-state index contributed by atoms with van der Waals surface area (Å²) in [4.78, 5) is 15.6. The minimum Gasteiger partial charge on any atom is -0.506 e. The second kappa shape index (κ2) is 7.31. The van der Waals surface area contributed by atoms with E-state index in [4.69, 9.17) is 4.74 Å². The van der Waals surface area contributed by atoms with Crippen molar-refractivity contribution >= 4 is 34.8 Å². The molecule has 0 aliphatic carbocycles. The minimum atomic E-state index is -5.13. The van der Waals surface area contributed by atoms with E-state index in [0.717, 1.165) is 11.3 Å². The maximum Gasteiger partial charge on any atom is 0.455 e. The number of aliphatic imine (C=N–C) groups is 1. The number of ketones is 1. The van der Waals surface area contributed by atoms with E-state index in [1.54, 1.807) is 29.6 Å². The molecule has 2 rings (SSSR count). The van der Waals surface area contributed by atoms with E-state index in [1.165, 1.54) is 19.2 Å². The van der Waals surface area contributed by atoms with Gasteiger partial charge in [-0.3, -0.25) is 9.79 Å². The van der Waals surface area contributed by atoms with Crippen LogP contribution in [0.25, 0.3) is 5.76 Å². The van der Waals surface area contributed by atoms with Crippen LogP contribution in [-0.4, -0.2) is 30.4 Å². The van der Waals surface area contributed by atoms with Crippen molar-refractivity contribution in [3.63, 3.8) is 0 Å². The number of methoxy groups -OCH3 is 1. The summed E-state index contributed by atoms with van der Waals surface area (Å²) in [7, 11) is 1.38. The molecule has 0 fully saturated rings. The molecule has 1 aromatic carbocycles. The molecule has 0 atom stereocenters. The molecule has 1 aromatic heterocycles. The van der Waals surface area contributed by atoms with Crippen molar-refractivity contribution in [2.75, 3.05) is 7.11 Å². The molecule has 0 saturated heterocycles. The predicted octanol–water partition coefficient (Wildman–Crippen LogP) is 4.56. The van der Waals surface area contributed by atoms with Gasteiger partial charge < -0.3 is 9.84 Å². The third-order valence-electron chi connectivity index (χ3n) is 2.93. The molecule has 1 heterocycles. The highest BCUT2D eigenvalue weighted by Gasteiger charge is 2.41. The van der Waals surface area contributed by atoms with Gasteiger partial charge in [-0.25, -0.2) is 0 Å². The van der Waals surface area contributed by atoms with Crippen LogP contribution in [0.15, 0.2) is 52.3 Å². The van der Waals surface area contributed by atoms with Crippen LogP contribution in [0.5, 0.6) is 5.75 Å². The monoisotopic (exact) mass is 355 g/mol. The van der Waals surface area contributed by atoms with Crippen LogP contribution in [0.4, 0.5) is 18.9 Å². The van der Waals surface area contributed by atoms with Gasteiger partial charge in [0.05, 0.1) is 17.6 Å². The molecule has 1 N–H and O–H groups in total. The highest BCUT2D eigenvalue weighted by molar-refractivity contribution is 7.11. The summed E-state index contributed by atoms with van der Waals surface area (Å²) >= 11 is 1.00. The van der Waals surface area contributed by atoms with E-state index in [9.17, 15) is 23.1 Å². The SMILES string of the molecule is COc1ccccc1N=CC(C(=O)C(F)(F)F)=C(O)c1cccs1. The summed E-state index contributed by atoms with van der Waals surface area (Å²) in [5.74, 6) is -2.62. The molecule has 4 nitrogen and oxygen atoms in total. The van der Waals surface area contributed by atoms with E-state index in [1.807, 2.05) is 0 Å². The van der Waals surface area contributed by atoms with Crippen LogP contribution < -0.4 is 4.74 Å². The average Bonchev–Trinajstić information content (AvgIpc) is 3.08. The molecule has 0 bridgehead atoms. The first-order chi connectivity index (χ1) is 11.3. The lowest BCUT2D eigenvalue weighted by molar-refractivity contribution is -0.165. The van der Waals surface area contributed by atoms with Gasteiger partial charge in [-0.15, -0.1) is 11.3 Å². The standard InChI is InChI=1S/C16H12F3NO3S/c1-23-12-6-3-2-5-11(12)20-9-10(15(22)16(17,18)19)14(21)13-7-4-8-24-13/h2-9,21H,1H3. The number of hydrogen-bond donors (Lipinski definition) is 1. The molecule has 24 heavy (non-hydrogen) atoms. The number of benzene rings is 1. The Morgan fingerprint density at radius 2 is 1.96 bits per heavy atom. The first-order valence-corrected chi connectivity index (χ1v) is 7.48. The van der Waals surface area contributed by atoms with Crippen molar-refractivity contribution in [3.05, 3.63) is 52.2 Å². The van der Waals surface area contributed by atoms with Crippen LogP contribution in [-0.2, 0) is 4.79 Å². The van der Waals surface area contributed by atoms with E-state index < -0.39 is 23.3 Å². The number of aliphatic hydroxyl groups excluding tert-OH is 1. The first kappa shape index (κ1) is 17.7. The van der Waals surface area contributed by atoms with Crippen molar-refractivity contribution in [3.8, 4) is 5.75 Å². The second-order valence-corrected chi connectivity index (χ2v) is 5.44. The lowest BCUT2D eigenvalue weighted by Crippen LogP contribution is -2.26. The first-order valence-electron chi connectivity index (χ1n) is 6.60. The molecule has 0 spiro atoms. The van der Waals surface area contributed by atoms with Crippen molar-refractivity contribution in [2.24, 2.45) is 4.99 Å². The highest BCUT2D eigenvalue weighted by atomic mass is 32.1. The number of para-hydroxylation sites is 2. The molecule has 2 aromatic rings. The van der Waals surface area contributed by atoms with E-state index in [-0.39, 0.29) is 10.6 Å². The Labute approximate surface area is 139 Å². The molecule has 126 valence electrons. The Morgan fingerprint density at radius 3 is 2.54 bits per heavy atom. The van der Waals surface area contributed by atoms with Crippen molar-refractivity contribution in [2.45, 2.75) is 6.18 Å². The summed E-state index contributed by atoms with van der Waals surface area (Å²) < 4.78 is 43.4. The maximum atomic E-state index is 12.8. The van der Waals surface area contributed by atoms with E-state index in [2.05, 4.69) is 4.99 Å². The fourth-order valence-corrected chi connectivity index (χ4v) is 2.48. The van der Waals surface area contributed by atoms with E-state index in [0.29, 0.717) is 12.0 Å². The van der Waals surface area contributed by atoms with Gasteiger partial charge in [0.2, 0.25) is 0 Å². The Bertz CT molecular complexity index is 780. The number of halogens is 3. The van der Waals surface area contributed by atoms with Crippen molar-refractivity contribution in [1.82, 2.24) is 0 Å². The van der Waals surface area contributed by atoms with Gasteiger partial charge in [0.15, 0.2) is 0 Å². The maximum absolute atomic E-state index is 12.8. The van der Waals surface area contributed by atoms with Gasteiger partial charge in [-0.05, 0) is 23.6 Å². The number of alkyl halides is 3. The third-order valence-corrected chi connectivity index (χ3v) is 3.81. The summed E-state index contributed by atoms with van der Waals surface area (Å²) in [6.45, 7) is 0. The lowest BCUT2D eigenvalue weighted by Gasteiger charge is -2.08. The van der Waals surface area contributed by atoms with Crippen molar-refractivity contribution < 1.29 is 27.8 Å². The third kappa shape index (κ3) is 4.02. The van der Waals surface area contributed by atoms with E-state index >= 15 is 0 Å². The Morgan fingerprint density at radius 1 is 1.25 bits per heavy atom. The fourth-order valence-electron chi connectivity index (χ4n) is 1.80. The Hall–Kier alpha value is -2.61. The van der Waals surface area contributed by atoms with Gasteiger partial charge in [0.25, 0.3) is 5.78 Å². The smallest absolute Gasteiger partial charge is 0.455 e. The van der Waals surface area contributed by atoms with Gasteiger partial charge in [0.1, 0.15) is 17.2 Å². The summed E-state index contributed by atoms with van der Waals surface area (Å²) in [6.07, 6.45) is -4.43. The number of Topliss-reactive ketones (excluding diaryl/α,β-unsaturated/α-hetero) is 1. The van der Waals surface area contributed by atoms with Gasteiger partial charge in [-0.2, -0.15) is 13.2 Å². The van der Waals surface area contributed by atoms with Crippen molar-refractivity contribution in [1.29, 1.82) is 0 Å². The number of rotatable bonds is 5. The largest absolute Gasteiger partial charge is 0.506 e. The summed E-state index contributed by atoms with van der Waals surface area (Å²) in [5.41, 5.74) is -0.706. The van der Waals surface area contributed by atoms with Gasteiger partial charge >= 0.3 is 6.18 Å². The minimum absolute atomic E-state index is 0.133. The normalized spacial score (nSPS) is 13.0. The summed E-state index contributed by atoms with van der Waals surface area (Å²) in [5, 5.41) is 11.6. The number of carbonyl (C=O) groups excluding carboxylic acids is 1. The van der Waals surface area contributed by atoms with Crippen LogP contribution in [0.1, 0.15) is 4.88 Å². The second-order valence-electron chi connectivity index (χ2n) is 4.50. The van der Waals surface area contributed by atoms with Crippen LogP contribution in [0.2, 0.25) is 0 Å². The number of nitrogens with zero attached hydrogens (tertiary/aromatic N) is 1.